The Morgan fingerprint density at radius 1 is 0.964 bits per heavy atom. The van der Waals surface area contributed by atoms with Crippen molar-refractivity contribution < 1.29 is 14.4 Å². The Morgan fingerprint density at radius 3 is 2.36 bits per heavy atom. The van der Waals surface area contributed by atoms with Gasteiger partial charge in [0.15, 0.2) is 0 Å². The summed E-state index contributed by atoms with van der Waals surface area (Å²) in [5.41, 5.74) is 8.00. The van der Waals surface area contributed by atoms with Crippen LogP contribution in [0.25, 0.3) is 6.08 Å². The standard InChI is InChI=1S/C21H16BrN3O3/c22-12-6-8-13(9-7-12)24-20(27)16-15-10-5-11-3-1-2-4-14(11)25(15)18(19(23)26)17(16)21(24)28/h1-10,15-18H,(H2,23,26). The van der Waals surface area contributed by atoms with E-state index in [0.717, 1.165) is 15.7 Å². The summed E-state index contributed by atoms with van der Waals surface area (Å²) in [6.45, 7) is 0. The number of amides is 3. The molecule has 0 saturated carbocycles. The van der Waals surface area contributed by atoms with Crippen molar-refractivity contribution in [3.63, 3.8) is 0 Å². The summed E-state index contributed by atoms with van der Waals surface area (Å²) in [5.74, 6) is -2.70. The lowest BCUT2D eigenvalue weighted by Gasteiger charge is -2.35. The predicted octanol–water partition coefficient (Wildman–Crippen LogP) is 2.32. The van der Waals surface area contributed by atoms with Crippen molar-refractivity contribution >= 4 is 51.1 Å². The highest BCUT2D eigenvalue weighted by atomic mass is 79.9. The van der Waals surface area contributed by atoms with Gasteiger partial charge in [0, 0.05) is 10.2 Å². The second-order valence-electron chi connectivity index (χ2n) is 7.20. The molecule has 140 valence electrons. The van der Waals surface area contributed by atoms with Crippen molar-refractivity contribution in [2.75, 3.05) is 9.80 Å². The van der Waals surface area contributed by atoms with Crippen LogP contribution in [0.5, 0.6) is 0 Å². The summed E-state index contributed by atoms with van der Waals surface area (Å²) >= 11 is 3.36. The molecule has 5 rings (SSSR count). The van der Waals surface area contributed by atoms with Crippen LogP contribution in [-0.4, -0.2) is 29.8 Å². The molecule has 7 heteroatoms. The minimum absolute atomic E-state index is 0.292. The van der Waals surface area contributed by atoms with Crippen LogP contribution in [0.3, 0.4) is 0 Å². The van der Waals surface area contributed by atoms with Gasteiger partial charge in [0.05, 0.1) is 23.6 Å². The van der Waals surface area contributed by atoms with E-state index in [1.165, 1.54) is 4.90 Å². The second-order valence-corrected chi connectivity index (χ2v) is 8.12. The SMILES string of the molecule is NC(=O)C1C2C(=O)N(c3ccc(Br)cc3)C(=O)C2C2C=Cc3ccccc3N21. The maximum absolute atomic E-state index is 13.3. The van der Waals surface area contributed by atoms with Gasteiger partial charge in [-0.1, -0.05) is 46.3 Å². The smallest absolute Gasteiger partial charge is 0.241 e. The lowest BCUT2D eigenvalue weighted by atomic mass is 9.88. The molecule has 2 aromatic rings. The predicted molar refractivity (Wildman–Crippen MR) is 108 cm³/mol. The van der Waals surface area contributed by atoms with Gasteiger partial charge in [-0.3, -0.25) is 14.4 Å². The zero-order valence-electron chi connectivity index (χ0n) is 14.7. The molecule has 4 atom stereocenters. The molecule has 4 unspecified atom stereocenters. The van der Waals surface area contributed by atoms with E-state index in [9.17, 15) is 14.4 Å². The highest BCUT2D eigenvalue weighted by Gasteiger charge is 2.64. The largest absolute Gasteiger partial charge is 0.368 e. The van der Waals surface area contributed by atoms with Gasteiger partial charge in [-0.15, -0.1) is 0 Å². The summed E-state index contributed by atoms with van der Waals surface area (Å²) in [6, 6.07) is 13.3. The van der Waals surface area contributed by atoms with Crippen molar-refractivity contribution in [1.29, 1.82) is 0 Å². The highest BCUT2D eigenvalue weighted by molar-refractivity contribution is 9.10. The Hall–Kier alpha value is -2.93. The molecular formula is C21H16BrN3O3. The minimum Gasteiger partial charge on any atom is -0.368 e. The van der Waals surface area contributed by atoms with Crippen LogP contribution in [-0.2, 0) is 14.4 Å². The Balaban J connectivity index is 1.62. The van der Waals surface area contributed by atoms with E-state index in [2.05, 4.69) is 15.9 Å². The first kappa shape index (κ1) is 17.2. The van der Waals surface area contributed by atoms with Crippen LogP contribution in [0.4, 0.5) is 11.4 Å². The fourth-order valence-corrected chi connectivity index (χ4v) is 4.95. The van der Waals surface area contributed by atoms with E-state index >= 15 is 0 Å². The number of para-hydroxylation sites is 1. The van der Waals surface area contributed by atoms with E-state index in [1.807, 2.05) is 41.3 Å². The quantitative estimate of drug-likeness (QED) is 0.730. The summed E-state index contributed by atoms with van der Waals surface area (Å²) in [4.78, 5) is 42.1. The molecule has 3 aliphatic rings. The van der Waals surface area contributed by atoms with Crippen molar-refractivity contribution in [2.24, 2.45) is 17.6 Å². The van der Waals surface area contributed by atoms with E-state index in [1.54, 1.807) is 24.3 Å². The molecular weight excluding hydrogens is 422 g/mol. The number of primary amides is 1. The maximum atomic E-state index is 13.3. The summed E-state index contributed by atoms with van der Waals surface area (Å²) in [6.07, 6.45) is 3.84. The zero-order chi connectivity index (χ0) is 19.6. The van der Waals surface area contributed by atoms with Gasteiger partial charge in [-0.05, 0) is 35.9 Å². The number of rotatable bonds is 2. The van der Waals surface area contributed by atoms with Gasteiger partial charge in [0.25, 0.3) is 0 Å². The molecule has 3 aliphatic heterocycles. The van der Waals surface area contributed by atoms with Gasteiger partial charge in [0.2, 0.25) is 17.7 Å². The fourth-order valence-electron chi connectivity index (χ4n) is 4.68. The zero-order valence-corrected chi connectivity index (χ0v) is 16.2. The van der Waals surface area contributed by atoms with Crippen LogP contribution in [0.2, 0.25) is 0 Å². The number of imide groups is 1. The van der Waals surface area contributed by atoms with Crippen LogP contribution in [0, 0.1) is 11.8 Å². The Kier molecular flexibility index (Phi) is 3.71. The summed E-state index contributed by atoms with van der Waals surface area (Å²) in [7, 11) is 0. The molecule has 3 amide bonds. The van der Waals surface area contributed by atoms with Crippen molar-refractivity contribution in [3.05, 3.63) is 64.6 Å². The molecule has 0 radical (unpaired) electrons. The maximum Gasteiger partial charge on any atom is 0.241 e. The van der Waals surface area contributed by atoms with Gasteiger partial charge in [0.1, 0.15) is 6.04 Å². The first-order valence-corrected chi connectivity index (χ1v) is 9.76. The molecule has 2 fully saturated rings. The van der Waals surface area contributed by atoms with E-state index < -0.39 is 23.8 Å². The monoisotopic (exact) mass is 437 g/mol. The summed E-state index contributed by atoms with van der Waals surface area (Å²) < 4.78 is 0.851. The van der Waals surface area contributed by atoms with E-state index in [4.69, 9.17) is 5.73 Å². The molecule has 0 aliphatic carbocycles. The van der Waals surface area contributed by atoms with Crippen LogP contribution >= 0.6 is 15.9 Å². The van der Waals surface area contributed by atoms with Gasteiger partial charge >= 0.3 is 0 Å². The lowest BCUT2D eigenvalue weighted by molar-refractivity contribution is -0.127. The molecule has 28 heavy (non-hydrogen) atoms. The number of benzene rings is 2. The molecule has 6 nitrogen and oxygen atoms in total. The third-order valence-electron chi connectivity index (χ3n) is 5.79. The first-order valence-electron chi connectivity index (χ1n) is 8.97. The third-order valence-corrected chi connectivity index (χ3v) is 6.32. The number of carbonyl (C=O) groups excluding carboxylic acids is 3. The molecule has 0 bridgehead atoms. The number of anilines is 2. The highest BCUT2D eigenvalue weighted by Crippen LogP contribution is 2.48. The number of halogens is 1. The number of nitrogens with two attached hydrogens (primary N) is 1. The number of hydrogen-bond donors (Lipinski definition) is 1. The van der Waals surface area contributed by atoms with Crippen LogP contribution in [0.1, 0.15) is 5.56 Å². The van der Waals surface area contributed by atoms with E-state index in [-0.39, 0.29) is 17.9 Å². The summed E-state index contributed by atoms with van der Waals surface area (Å²) in [5, 5.41) is 0. The first-order chi connectivity index (χ1) is 13.5. The molecule has 2 saturated heterocycles. The third kappa shape index (κ3) is 2.22. The van der Waals surface area contributed by atoms with Crippen molar-refractivity contribution in [1.82, 2.24) is 0 Å². The average molecular weight is 438 g/mol. The fraction of sp³-hybridized carbons (Fsp3) is 0.190. The van der Waals surface area contributed by atoms with Crippen molar-refractivity contribution in [2.45, 2.75) is 12.1 Å². The van der Waals surface area contributed by atoms with Crippen molar-refractivity contribution in [3.8, 4) is 0 Å². The number of fused-ring (bicyclic) bond motifs is 5. The number of carbonyl (C=O) groups is 3. The topological polar surface area (TPSA) is 83.7 Å². The van der Waals surface area contributed by atoms with Gasteiger partial charge in [-0.2, -0.15) is 0 Å². The van der Waals surface area contributed by atoms with Gasteiger partial charge in [-0.25, -0.2) is 4.90 Å². The average Bonchev–Trinajstić information content (AvgIpc) is 3.16. The molecule has 0 aromatic heterocycles. The Bertz CT molecular complexity index is 1050. The molecule has 3 heterocycles. The molecule has 0 spiro atoms. The minimum atomic E-state index is -0.863. The van der Waals surface area contributed by atoms with Crippen LogP contribution < -0.4 is 15.5 Å². The lowest BCUT2D eigenvalue weighted by Crippen LogP contribution is -2.50. The molecule has 2 N–H and O–H groups in total. The molecule has 2 aromatic carbocycles. The van der Waals surface area contributed by atoms with Crippen LogP contribution in [0.15, 0.2) is 59.1 Å². The number of hydrogen-bond acceptors (Lipinski definition) is 4. The van der Waals surface area contributed by atoms with Gasteiger partial charge < -0.3 is 10.6 Å². The normalized spacial score (nSPS) is 27.6. The Labute approximate surface area is 169 Å². The second kappa shape index (κ2) is 6.04. The number of nitrogens with zero attached hydrogens (tertiary/aromatic N) is 2. The van der Waals surface area contributed by atoms with E-state index in [0.29, 0.717) is 5.69 Å². The Morgan fingerprint density at radius 2 is 1.64 bits per heavy atom.